The van der Waals surface area contributed by atoms with Crippen LogP contribution >= 0.6 is 11.9 Å². The largest absolute Gasteiger partial charge is 0.497 e. The molecule has 0 radical (unpaired) electrons. The number of aryl methyl sites for hydroxylation is 2. The molecule has 1 aliphatic heterocycles. The molecular formula is C21H25BN2O3S. The first-order valence-corrected chi connectivity index (χ1v) is 10.2. The Morgan fingerprint density at radius 3 is 2.21 bits per heavy atom. The number of aromatic nitrogens is 2. The van der Waals surface area contributed by atoms with Gasteiger partial charge in [0.1, 0.15) is 5.52 Å². The van der Waals surface area contributed by atoms with Crippen LogP contribution in [0.4, 0.5) is 0 Å². The lowest BCUT2D eigenvalue weighted by molar-refractivity contribution is 0.00578. The van der Waals surface area contributed by atoms with Gasteiger partial charge in [-0.25, -0.2) is 0 Å². The van der Waals surface area contributed by atoms with E-state index in [0.717, 1.165) is 15.7 Å². The number of fused-ring (bicyclic) bond motifs is 1. The molecule has 146 valence electrons. The summed E-state index contributed by atoms with van der Waals surface area (Å²) in [6.07, 6.45) is 3.76. The third kappa shape index (κ3) is 3.11. The van der Waals surface area contributed by atoms with Crippen molar-refractivity contribution in [1.29, 1.82) is 0 Å². The summed E-state index contributed by atoms with van der Waals surface area (Å²) in [4.78, 5) is 14.0. The van der Waals surface area contributed by atoms with E-state index in [-0.39, 0.29) is 5.56 Å². The van der Waals surface area contributed by atoms with Crippen molar-refractivity contribution in [2.45, 2.75) is 50.7 Å². The van der Waals surface area contributed by atoms with Gasteiger partial charge in [-0.1, -0.05) is 17.7 Å². The number of rotatable bonds is 3. The molecule has 0 N–H and O–H groups in total. The van der Waals surface area contributed by atoms with E-state index in [4.69, 9.17) is 9.31 Å². The molecule has 0 spiro atoms. The van der Waals surface area contributed by atoms with Gasteiger partial charge < -0.3 is 13.9 Å². The molecule has 7 heteroatoms. The molecule has 0 amide bonds. The van der Waals surface area contributed by atoms with Crippen molar-refractivity contribution in [1.82, 2.24) is 8.54 Å². The zero-order valence-electron chi connectivity index (χ0n) is 17.1. The quantitative estimate of drug-likeness (QED) is 0.636. The number of hydrogen-bond acceptors (Lipinski definition) is 4. The van der Waals surface area contributed by atoms with Gasteiger partial charge in [-0.05, 0) is 64.8 Å². The molecule has 3 heterocycles. The predicted octanol–water partition coefficient (Wildman–Crippen LogP) is 3.50. The van der Waals surface area contributed by atoms with Gasteiger partial charge >= 0.3 is 7.12 Å². The third-order valence-corrected chi connectivity index (χ3v) is 6.73. The number of hydrogen-bond donors (Lipinski definition) is 0. The van der Waals surface area contributed by atoms with E-state index in [1.165, 1.54) is 17.5 Å². The van der Waals surface area contributed by atoms with Crippen molar-refractivity contribution in [2.24, 2.45) is 7.05 Å². The monoisotopic (exact) mass is 396 g/mol. The predicted molar refractivity (Wildman–Crippen MR) is 115 cm³/mol. The maximum atomic E-state index is 12.9. The fourth-order valence-corrected chi connectivity index (χ4v) is 4.18. The van der Waals surface area contributed by atoms with Gasteiger partial charge in [0.2, 0.25) is 0 Å². The Morgan fingerprint density at radius 2 is 1.61 bits per heavy atom. The van der Waals surface area contributed by atoms with Crippen LogP contribution in [0.25, 0.3) is 10.9 Å². The second kappa shape index (κ2) is 6.54. The first-order valence-electron chi connectivity index (χ1n) is 9.40. The molecule has 1 aliphatic rings. The van der Waals surface area contributed by atoms with E-state index in [1.807, 2.05) is 43.9 Å². The molecule has 0 saturated carbocycles. The van der Waals surface area contributed by atoms with E-state index in [1.54, 1.807) is 17.8 Å². The first-order chi connectivity index (χ1) is 13.1. The van der Waals surface area contributed by atoms with Crippen LogP contribution in [-0.4, -0.2) is 26.9 Å². The molecule has 0 atom stereocenters. The molecule has 0 unspecified atom stereocenters. The summed E-state index contributed by atoms with van der Waals surface area (Å²) in [5.41, 5.74) is 1.81. The molecule has 1 fully saturated rings. The molecule has 0 bridgehead atoms. The van der Waals surface area contributed by atoms with Crippen molar-refractivity contribution < 1.29 is 9.31 Å². The summed E-state index contributed by atoms with van der Waals surface area (Å²) in [5, 5.41) is 0.862. The maximum Gasteiger partial charge on any atom is 0.497 e. The van der Waals surface area contributed by atoms with Gasteiger partial charge in [0.05, 0.1) is 11.2 Å². The van der Waals surface area contributed by atoms with E-state index < -0.39 is 18.3 Å². The zero-order valence-corrected chi connectivity index (χ0v) is 18.0. The van der Waals surface area contributed by atoms with Crippen LogP contribution in [0.1, 0.15) is 33.3 Å². The molecule has 28 heavy (non-hydrogen) atoms. The SMILES string of the molecule is Cc1ccc(Sn2cc(B3OC(C)(C)C(C)(C)O3)c3ccn(C)c(=O)c32)cc1. The number of nitrogens with zero attached hydrogens (tertiary/aromatic N) is 2. The lowest BCUT2D eigenvalue weighted by Gasteiger charge is -2.32. The minimum absolute atomic E-state index is 0.0418. The van der Waals surface area contributed by atoms with Gasteiger partial charge in [0.15, 0.2) is 0 Å². The minimum atomic E-state index is -0.514. The molecule has 1 saturated heterocycles. The Hall–Kier alpha value is -1.96. The zero-order chi connectivity index (χ0) is 20.3. The summed E-state index contributed by atoms with van der Waals surface area (Å²) in [6.45, 7) is 10.2. The van der Waals surface area contributed by atoms with Gasteiger partial charge in [0.25, 0.3) is 5.56 Å². The Kier molecular flexibility index (Phi) is 4.52. The fourth-order valence-electron chi connectivity index (χ4n) is 3.26. The standard InChI is InChI=1S/C21H25BN2O3S/c1-14-7-9-15(10-8-14)28-24-13-17(16-11-12-23(6)19(25)18(16)24)22-26-20(2,3)21(4,5)27-22/h7-13H,1-6H3. The summed E-state index contributed by atoms with van der Waals surface area (Å²) >= 11 is 1.52. The van der Waals surface area contributed by atoms with Crippen molar-refractivity contribution in [3.05, 3.63) is 58.6 Å². The smallest absolute Gasteiger partial charge is 0.399 e. The highest BCUT2D eigenvalue weighted by molar-refractivity contribution is 7.98. The highest BCUT2D eigenvalue weighted by Gasteiger charge is 2.52. The van der Waals surface area contributed by atoms with Crippen LogP contribution in [0.3, 0.4) is 0 Å². The molecule has 0 aliphatic carbocycles. The summed E-state index contributed by atoms with van der Waals surface area (Å²) in [7, 11) is 1.25. The van der Waals surface area contributed by atoms with E-state index in [9.17, 15) is 4.79 Å². The molecular weight excluding hydrogens is 371 g/mol. The Balaban J connectivity index is 1.84. The van der Waals surface area contributed by atoms with Crippen LogP contribution < -0.4 is 11.0 Å². The van der Waals surface area contributed by atoms with Crippen molar-refractivity contribution in [3.63, 3.8) is 0 Å². The summed E-state index contributed by atoms with van der Waals surface area (Å²) in [6, 6.07) is 10.2. The summed E-state index contributed by atoms with van der Waals surface area (Å²) in [5.74, 6) is 0. The van der Waals surface area contributed by atoms with Crippen LogP contribution in [0.15, 0.2) is 52.4 Å². The molecule has 5 nitrogen and oxygen atoms in total. The van der Waals surface area contributed by atoms with Gasteiger partial charge in [-0.3, -0.25) is 8.77 Å². The maximum absolute atomic E-state index is 12.9. The third-order valence-electron chi connectivity index (χ3n) is 5.76. The molecule has 1 aromatic carbocycles. The fraction of sp³-hybridized carbons (Fsp3) is 0.381. The molecule has 3 aromatic rings. The van der Waals surface area contributed by atoms with Crippen LogP contribution in [0, 0.1) is 6.92 Å². The lowest BCUT2D eigenvalue weighted by atomic mass is 9.79. The Morgan fingerprint density at radius 1 is 1.00 bits per heavy atom. The van der Waals surface area contributed by atoms with Crippen LogP contribution in [-0.2, 0) is 16.4 Å². The highest BCUT2D eigenvalue weighted by Crippen LogP contribution is 2.37. The van der Waals surface area contributed by atoms with E-state index in [2.05, 4.69) is 31.2 Å². The van der Waals surface area contributed by atoms with E-state index >= 15 is 0 Å². The molecule has 2 aromatic heterocycles. The average molecular weight is 396 g/mol. The number of benzene rings is 1. The minimum Gasteiger partial charge on any atom is -0.399 e. The van der Waals surface area contributed by atoms with Gasteiger partial charge in [-0.15, -0.1) is 0 Å². The molecule has 4 rings (SSSR count). The van der Waals surface area contributed by atoms with Crippen LogP contribution in [0.2, 0.25) is 0 Å². The topological polar surface area (TPSA) is 45.4 Å². The second-order valence-corrected chi connectivity index (χ2v) is 9.44. The Labute approximate surface area is 169 Å². The normalized spacial score (nSPS) is 18.1. The average Bonchev–Trinajstić information content (AvgIpc) is 3.08. The summed E-state index contributed by atoms with van der Waals surface area (Å²) < 4.78 is 16.0. The highest BCUT2D eigenvalue weighted by atomic mass is 32.2. The Bertz CT molecular complexity index is 1080. The second-order valence-electron chi connectivity index (χ2n) is 8.40. The van der Waals surface area contributed by atoms with E-state index in [0.29, 0.717) is 5.52 Å². The number of pyridine rings is 1. The van der Waals surface area contributed by atoms with Crippen molar-refractivity contribution in [2.75, 3.05) is 0 Å². The lowest BCUT2D eigenvalue weighted by Crippen LogP contribution is -2.41. The first kappa shape index (κ1) is 19.4. The van der Waals surface area contributed by atoms with Gasteiger partial charge in [-0.2, -0.15) is 0 Å². The van der Waals surface area contributed by atoms with Crippen LogP contribution in [0.5, 0.6) is 0 Å². The van der Waals surface area contributed by atoms with Crippen molar-refractivity contribution in [3.8, 4) is 0 Å². The van der Waals surface area contributed by atoms with Crippen molar-refractivity contribution >= 4 is 35.4 Å². The van der Waals surface area contributed by atoms with Gasteiger partial charge in [0, 0.05) is 35.2 Å².